The van der Waals surface area contributed by atoms with Crippen LogP contribution >= 0.6 is 11.6 Å². The Balaban J connectivity index is 2.14. The number of rotatable bonds is 5. The van der Waals surface area contributed by atoms with E-state index in [0.29, 0.717) is 0 Å². The van der Waals surface area contributed by atoms with Gasteiger partial charge in [0.25, 0.3) is 5.91 Å². The van der Waals surface area contributed by atoms with Gasteiger partial charge < -0.3 is 10.4 Å². The molecule has 0 saturated heterocycles. The van der Waals surface area contributed by atoms with Gasteiger partial charge >= 0.3 is 5.97 Å². The average molecular weight is 328 g/mol. The standard InChI is InChI=1S/C18H14ClNO3/c19-15-11-5-4-10-14(15)17(21)20-16(18(22)23)12-6-9-13-7-2-1-3-8-13/h1-12H,(H,20,21)(H,22,23)/b9-6+,16-12-. The van der Waals surface area contributed by atoms with Crippen LogP contribution in [0.4, 0.5) is 0 Å². The topological polar surface area (TPSA) is 66.4 Å². The number of hydrogen-bond donors (Lipinski definition) is 2. The van der Waals surface area contributed by atoms with Gasteiger partial charge in [-0.2, -0.15) is 0 Å². The summed E-state index contributed by atoms with van der Waals surface area (Å²) < 4.78 is 0. The molecule has 23 heavy (non-hydrogen) atoms. The van der Waals surface area contributed by atoms with Crippen LogP contribution in [0.1, 0.15) is 15.9 Å². The van der Waals surface area contributed by atoms with E-state index in [1.807, 2.05) is 30.3 Å². The van der Waals surface area contributed by atoms with Crippen molar-refractivity contribution in [3.8, 4) is 0 Å². The molecule has 2 N–H and O–H groups in total. The second kappa shape index (κ2) is 7.96. The molecular formula is C18H14ClNO3. The van der Waals surface area contributed by atoms with Crippen LogP contribution in [0.3, 0.4) is 0 Å². The second-order valence-electron chi connectivity index (χ2n) is 4.59. The fourth-order valence-corrected chi connectivity index (χ4v) is 2.04. The number of carboxylic acids is 1. The summed E-state index contributed by atoms with van der Waals surface area (Å²) in [6, 6.07) is 15.8. The lowest BCUT2D eigenvalue weighted by atomic mass is 10.2. The summed E-state index contributed by atoms with van der Waals surface area (Å²) >= 11 is 5.92. The molecule has 5 heteroatoms. The number of carbonyl (C=O) groups is 2. The Bertz CT molecular complexity index is 767. The Morgan fingerprint density at radius 2 is 1.65 bits per heavy atom. The summed E-state index contributed by atoms with van der Waals surface area (Å²) in [6.07, 6.45) is 4.63. The molecule has 1 amide bonds. The SMILES string of the molecule is O=C(O)/C(=C/C=C/c1ccccc1)NC(=O)c1ccccc1Cl. The van der Waals surface area contributed by atoms with Crippen LogP contribution in [0.2, 0.25) is 5.02 Å². The summed E-state index contributed by atoms with van der Waals surface area (Å²) in [5.41, 5.74) is 0.904. The smallest absolute Gasteiger partial charge is 0.352 e. The summed E-state index contributed by atoms with van der Waals surface area (Å²) in [6.45, 7) is 0. The minimum atomic E-state index is -1.23. The third-order valence-corrected chi connectivity index (χ3v) is 3.28. The molecule has 2 rings (SSSR count). The Hall–Kier alpha value is -2.85. The van der Waals surface area contributed by atoms with Crippen molar-refractivity contribution in [3.63, 3.8) is 0 Å². The van der Waals surface area contributed by atoms with E-state index in [9.17, 15) is 14.7 Å². The first kappa shape index (κ1) is 16.5. The van der Waals surface area contributed by atoms with Crippen molar-refractivity contribution in [1.82, 2.24) is 5.32 Å². The van der Waals surface area contributed by atoms with Crippen molar-refractivity contribution in [2.45, 2.75) is 0 Å². The van der Waals surface area contributed by atoms with E-state index in [2.05, 4.69) is 5.32 Å². The quantitative estimate of drug-likeness (QED) is 0.649. The lowest BCUT2D eigenvalue weighted by Gasteiger charge is -2.06. The highest BCUT2D eigenvalue weighted by atomic mass is 35.5. The van der Waals surface area contributed by atoms with Crippen molar-refractivity contribution < 1.29 is 14.7 Å². The van der Waals surface area contributed by atoms with Crippen LogP contribution in [0.5, 0.6) is 0 Å². The van der Waals surface area contributed by atoms with E-state index >= 15 is 0 Å². The van der Waals surface area contributed by atoms with Gasteiger partial charge in [0, 0.05) is 0 Å². The van der Waals surface area contributed by atoms with Gasteiger partial charge in [0.15, 0.2) is 0 Å². The Kier molecular flexibility index (Phi) is 5.72. The number of carboxylic acid groups (broad SMARTS) is 1. The van der Waals surface area contributed by atoms with Gasteiger partial charge in [0.05, 0.1) is 10.6 Å². The van der Waals surface area contributed by atoms with Gasteiger partial charge in [-0.05, 0) is 23.8 Å². The molecule has 0 heterocycles. The fourth-order valence-electron chi connectivity index (χ4n) is 1.82. The molecule has 4 nitrogen and oxygen atoms in total. The lowest BCUT2D eigenvalue weighted by molar-refractivity contribution is -0.133. The van der Waals surface area contributed by atoms with E-state index in [0.717, 1.165) is 5.56 Å². The van der Waals surface area contributed by atoms with Crippen LogP contribution < -0.4 is 5.32 Å². The van der Waals surface area contributed by atoms with E-state index in [1.54, 1.807) is 30.4 Å². The van der Waals surface area contributed by atoms with Gasteiger partial charge in [-0.15, -0.1) is 0 Å². The molecule has 116 valence electrons. The summed E-state index contributed by atoms with van der Waals surface area (Å²) in [5, 5.41) is 11.8. The number of nitrogens with one attached hydrogen (secondary N) is 1. The molecular weight excluding hydrogens is 314 g/mol. The zero-order chi connectivity index (χ0) is 16.7. The zero-order valence-electron chi connectivity index (χ0n) is 12.1. The molecule has 0 aliphatic carbocycles. The molecule has 2 aromatic carbocycles. The first-order valence-corrected chi connectivity index (χ1v) is 7.18. The fraction of sp³-hybridized carbons (Fsp3) is 0. The van der Waals surface area contributed by atoms with Crippen molar-refractivity contribution in [3.05, 3.63) is 88.6 Å². The highest BCUT2D eigenvalue weighted by Gasteiger charge is 2.14. The summed E-state index contributed by atoms with van der Waals surface area (Å²) in [7, 11) is 0. The predicted molar refractivity (Wildman–Crippen MR) is 90.1 cm³/mol. The largest absolute Gasteiger partial charge is 0.477 e. The minimum Gasteiger partial charge on any atom is -0.477 e. The highest BCUT2D eigenvalue weighted by Crippen LogP contribution is 2.15. The van der Waals surface area contributed by atoms with Gasteiger partial charge in [-0.25, -0.2) is 4.79 Å². The molecule has 2 aromatic rings. The second-order valence-corrected chi connectivity index (χ2v) is 5.00. The average Bonchev–Trinajstić information content (AvgIpc) is 2.55. The monoisotopic (exact) mass is 327 g/mol. The van der Waals surface area contributed by atoms with Crippen LogP contribution in [0.25, 0.3) is 6.08 Å². The molecule has 0 saturated carbocycles. The van der Waals surface area contributed by atoms with E-state index in [4.69, 9.17) is 11.6 Å². The number of amides is 1. The Morgan fingerprint density at radius 3 is 2.30 bits per heavy atom. The van der Waals surface area contributed by atoms with Gasteiger partial charge in [0.1, 0.15) is 5.70 Å². The van der Waals surface area contributed by atoms with Crippen LogP contribution in [0, 0.1) is 0 Å². The molecule has 0 radical (unpaired) electrons. The Morgan fingerprint density at radius 1 is 1.00 bits per heavy atom. The van der Waals surface area contributed by atoms with E-state index in [1.165, 1.54) is 12.1 Å². The van der Waals surface area contributed by atoms with Gasteiger partial charge in [-0.3, -0.25) is 4.79 Å². The summed E-state index contributed by atoms with van der Waals surface area (Å²) in [4.78, 5) is 23.3. The van der Waals surface area contributed by atoms with Crippen LogP contribution in [-0.2, 0) is 4.79 Å². The van der Waals surface area contributed by atoms with Crippen molar-refractivity contribution >= 4 is 29.6 Å². The van der Waals surface area contributed by atoms with Gasteiger partial charge in [0.2, 0.25) is 0 Å². The maximum Gasteiger partial charge on any atom is 0.352 e. The molecule has 0 aliphatic rings. The van der Waals surface area contributed by atoms with Gasteiger partial charge in [-0.1, -0.05) is 66.2 Å². The summed E-state index contributed by atoms with van der Waals surface area (Å²) in [5.74, 6) is -1.81. The maximum absolute atomic E-state index is 12.1. The molecule has 0 bridgehead atoms. The lowest BCUT2D eigenvalue weighted by Crippen LogP contribution is -2.27. The number of carbonyl (C=O) groups excluding carboxylic acids is 1. The number of halogens is 1. The van der Waals surface area contributed by atoms with E-state index < -0.39 is 11.9 Å². The zero-order valence-corrected chi connectivity index (χ0v) is 12.8. The first-order chi connectivity index (χ1) is 11.1. The number of hydrogen-bond acceptors (Lipinski definition) is 2. The first-order valence-electron chi connectivity index (χ1n) is 6.80. The number of benzene rings is 2. The minimum absolute atomic E-state index is 0.216. The molecule has 0 fully saturated rings. The molecule has 0 aliphatic heterocycles. The van der Waals surface area contributed by atoms with Crippen LogP contribution in [0.15, 0.2) is 72.4 Å². The number of allylic oxidation sites excluding steroid dienone is 2. The molecule has 0 unspecified atom stereocenters. The van der Waals surface area contributed by atoms with Crippen LogP contribution in [-0.4, -0.2) is 17.0 Å². The normalized spacial score (nSPS) is 11.4. The molecule has 0 spiro atoms. The highest BCUT2D eigenvalue weighted by molar-refractivity contribution is 6.33. The predicted octanol–water partition coefficient (Wildman–Crippen LogP) is 3.75. The third-order valence-electron chi connectivity index (χ3n) is 2.95. The van der Waals surface area contributed by atoms with Crippen molar-refractivity contribution in [2.24, 2.45) is 0 Å². The number of aliphatic carboxylic acids is 1. The Labute approximate surface area is 138 Å². The van der Waals surface area contributed by atoms with E-state index in [-0.39, 0.29) is 16.3 Å². The third kappa shape index (κ3) is 4.83. The molecule has 0 atom stereocenters. The van der Waals surface area contributed by atoms with Crippen molar-refractivity contribution in [1.29, 1.82) is 0 Å². The maximum atomic E-state index is 12.1. The van der Waals surface area contributed by atoms with Crippen molar-refractivity contribution in [2.75, 3.05) is 0 Å². The molecule has 0 aromatic heterocycles.